The molecule has 26 heavy (non-hydrogen) atoms. The molecule has 4 rings (SSSR count). The first-order valence-electron chi connectivity index (χ1n) is 9.09. The van der Waals surface area contributed by atoms with Crippen LogP contribution in [-0.2, 0) is 11.2 Å². The summed E-state index contributed by atoms with van der Waals surface area (Å²) in [4.78, 5) is 21.3. The number of ketones is 1. The minimum absolute atomic E-state index is 0.0589. The molecule has 1 saturated carbocycles. The lowest BCUT2D eigenvalue weighted by Crippen LogP contribution is -2.22. The van der Waals surface area contributed by atoms with Crippen molar-refractivity contribution >= 4 is 11.4 Å². The second-order valence-electron chi connectivity index (χ2n) is 7.02. The molecule has 1 aromatic carbocycles. The van der Waals surface area contributed by atoms with Crippen LogP contribution in [0, 0.1) is 11.8 Å². The number of aliphatic hydroxyl groups is 1. The zero-order chi connectivity index (χ0) is 18.3. The van der Waals surface area contributed by atoms with Gasteiger partial charge in [-0.1, -0.05) is 19.1 Å². The molecule has 0 amide bonds. The smallest absolute Gasteiger partial charge is 0.316 e. The molecular weight excluding hydrogens is 328 g/mol. The number of carbonyl (C=O) groups excluding carboxylic acids is 1. The minimum atomic E-state index is 0.0589. The van der Waals surface area contributed by atoms with Crippen LogP contribution in [0.3, 0.4) is 0 Å². The van der Waals surface area contributed by atoms with Gasteiger partial charge >= 0.3 is 6.01 Å². The molecule has 1 aromatic heterocycles. The average molecular weight is 350 g/mol. The topological polar surface area (TPSA) is 72.3 Å². The van der Waals surface area contributed by atoms with E-state index in [1.165, 1.54) is 7.11 Å². The maximum atomic E-state index is 12.9. The Labute approximate surface area is 152 Å². The van der Waals surface area contributed by atoms with Crippen LogP contribution in [0.5, 0.6) is 6.01 Å². The number of hydrogen-bond donors (Lipinski definition) is 1. The van der Waals surface area contributed by atoms with E-state index >= 15 is 0 Å². The van der Waals surface area contributed by atoms with Gasteiger partial charge in [-0.05, 0) is 48.4 Å². The highest BCUT2D eigenvalue weighted by atomic mass is 16.5. The number of aryl methyl sites for hydroxylation is 1. The van der Waals surface area contributed by atoms with Crippen LogP contribution in [0.2, 0.25) is 0 Å². The zero-order valence-electron chi connectivity index (χ0n) is 15.0. The van der Waals surface area contributed by atoms with E-state index in [9.17, 15) is 9.90 Å². The maximum Gasteiger partial charge on any atom is 0.316 e. The van der Waals surface area contributed by atoms with Crippen molar-refractivity contribution in [2.45, 2.75) is 32.6 Å². The van der Waals surface area contributed by atoms with E-state index in [-0.39, 0.29) is 23.4 Å². The molecule has 134 valence electrons. The number of ether oxygens (including phenoxy) is 1. The molecule has 5 heteroatoms. The van der Waals surface area contributed by atoms with Gasteiger partial charge in [0.25, 0.3) is 0 Å². The van der Waals surface area contributed by atoms with E-state index in [2.05, 4.69) is 16.9 Å². The highest BCUT2D eigenvalue weighted by Gasteiger charge is 2.41. The summed E-state index contributed by atoms with van der Waals surface area (Å²) in [5.41, 5.74) is 4.21. The predicted octanol–water partition coefficient (Wildman–Crippen LogP) is 3.98. The molecule has 2 aliphatic carbocycles. The van der Waals surface area contributed by atoms with Gasteiger partial charge in [-0.3, -0.25) is 4.79 Å². The Morgan fingerprint density at radius 2 is 1.88 bits per heavy atom. The molecule has 1 fully saturated rings. The molecule has 0 aliphatic heterocycles. The van der Waals surface area contributed by atoms with Gasteiger partial charge in [0.2, 0.25) is 0 Å². The van der Waals surface area contributed by atoms with Crippen LogP contribution >= 0.6 is 0 Å². The third-order valence-corrected chi connectivity index (χ3v) is 5.60. The standard InChI is InChI=1S/C21H22N2O3/c1-3-12-4-5-13(16-10-22-21(26-2)23-11-16)9-17(12)18-19(24)14-6-7-15(8-14)20(18)25/h4-5,9-11,14-15,24H,3,6-8H2,1-2H3. The molecule has 0 radical (unpaired) electrons. The summed E-state index contributed by atoms with van der Waals surface area (Å²) in [5.74, 6) is 0.560. The van der Waals surface area contributed by atoms with Crippen molar-refractivity contribution in [1.82, 2.24) is 9.97 Å². The number of hydrogen-bond acceptors (Lipinski definition) is 5. The number of Topliss-reactive ketones (excluding diaryl/α,β-unsaturated/α-hetero) is 1. The Morgan fingerprint density at radius 1 is 1.15 bits per heavy atom. The molecule has 2 bridgehead atoms. The molecule has 2 aromatic rings. The van der Waals surface area contributed by atoms with Gasteiger partial charge < -0.3 is 9.84 Å². The van der Waals surface area contributed by atoms with Crippen LogP contribution in [0.25, 0.3) is 16.7 Å². The van der Waals surface area contributed by atoms with Crippen molar-refractivity contribution in [2.24, 2.45) is 11.8 Å². The Morgan fingerprint density at radius 3 is 2.58 bits per heavy atom. The number of carbonyl (C=O) groups is 1. The highest BCUT2D eigenvalue weighted by Crippen LogP contribution is 2.46. The largest absolute Gasteiger partial charge is 0.511 e. The highest BCUT2D eigenvalue weighted by molar-refractivity contribution is 6.23. The normalized spacial score (nSPS) is 22.0. The van der Waals surface area contributed by atoms with E-state index in [1.54, 1.807) is 12.4 Å². The Kier molecular flexibility index (Phi) is 4.23. The Bertz CT molecular complexity index is 887. The quantitative estimate of drug-likeness (QED) is 0.903. The summed E-state index contributed by atoms with van der Waals surface area (Å²) < 4.78 is 5.01. The second kappa shape index (κ2) is 6.56. The molecule has 2 unspecified atom stereocenters. The minimum Gasteiger partial charge on any atom is -0.511 e. The number of aliphatic hydroxyl groups excluding tert-OH is 1. The maximum absolute atomic E-state index is 12.9. The number of rotatable bonds is 4. The molecule has 2 aliphatic rings. The summed E-state index contributed by atoms with van der Waals surface area (Å²) in [6.45, 7) is 2.06. The van der Waals surface area contributed by atoms with E-state index in [4.69, 9.17) is 4.74 Å². The molecule has 5 nitrogen and oxygen atoms in total. The average Bonchev–Trinajstić information content (AvgIpc) is 3.14. The molecule has 0 saturated heterocycles. The van der Waals surface area contributed by atoms with Crippen molar-refractivity contribution in [3.05, 3.63) is 47.5 Å². The first-order chi connectivity index (χ1) is 12.6. The van der Waals surface area contributed by atoms with Gasteiger partial charge in [0.15, 0.2) is 5.78 Å². The van der Waals surface area contributed by atoms with Crippen molar-refractivity contribution in [2.75, 3.05) is 7.11 Å². The molecule has 1 heterocycles. The van der Waals surface area contributed by atoms with Gasteiger partial charge in [-0.2, -0.15) is 0 Å². The van der Waals surface area contributed by atoms with Crippen LogP contribution < -0.4 is 4.74 Å². The van der Waals surface area contributed by atoms with Gasteiger partial charge in [-0.15, -0.1) is 0 Å². The van der Waals surface area contributed by atoms with Gasteiger partial charge in [-0.25, -0.2) is 9.97 Å². The van der Waals surface area contributed by atoms with Gasteiger partial charge in [0, 0.05) is 29.8 Å². The van der Waals surface area contributed by atoms with Crippen LogP contribution in [0.4, 0.5) is 0 Å². The number of benzene rings is 1. The number of fused-ring (bicyclic) bond motifs is 2. The third kappa shape index (κ3) is 2.68. The molecule has 1 N–H and O–H groups in total. The van der Waals surface area contributed by atoms with E-state index in [0.717, 1.165) is 47.9 Å². The number of allylic oxidation sites excluding steroid dienone is 2. The predicted molar refractivity (Wildman–Crippen MR) is 98.8 cm³/mol. The van der Waals surface area contributed by atoms with Crippen LogP contribution in [0.15, 0.2) is 36.4 Å². The first kappa shape index (κ1) is 16.8. The van der Waals surface area contributed by atoms with Crippen LogP contribution in [-0.4, -0.2) is 28.0 Å². The monoisotopic (exact) mass is 350 g/mol. The SMILES string of the molecule is CCc1ccc(-c2cnc(OC)nc2)cc1C1=C(O)C2CCC(C2)C1=O. The fraction of sp³-hybridized carbons (Fsp3) is 0.381. The summed E-state index contributed by atoms with van der Waals surface area (Å²) in [6.07, 6.45) is 6.79. The fourth-order valence-corrected chi connectivity index (χ4v) is 4.14. The Balaban J connectivity index is 1.82. The Hall–Kier alpha value is -2.69. The fourth-order valence-electron chi connectivity index (χ4n) is 4.14. The van der Waals surface area contributed by atoms with Crippen molar-refractivity contribution in [1.29, 1.82) is 0 Å². The van der Waals surface area contributed by atoms with E-state index in [0.29, 0.717) is 11.6 Å². The molecule has 2 atom stereocenters. The lowest BCUT2D eigenvalue weighted by atomic mass is 9.81. The lowest BCUT2D eigenvalue weighted by molar-refractivity contribution is -0.117. The van der Waals surface area contributed by atoms with E-state index in [1.807, 2.05) is 18.2 Å². The molecular formula is C21H22N2O3. The third-order valence-electron chi connectivity index (χ3n) is 5.60. The van der Waals surface area contributed by atoms with Crippen molar-refractivity contribution in [3.8, 4) is 17.1 Å². The first-order valence-corrected chi connectivity index (χ1v) is 9.09. The van der Waals surface area contributed by atoms with Crippen molar-refractivity contribution < 1.29 is 14.6 Å². The van der Waals surface area contributed by atoms with Gasteiger partial charge in [0.1, 0.15) is 5.76 Å². The van der Waals surface area contributed by atoms with Crippen molar-refractivity contribution in [3.63, 3.8) is 0 Å². The number of nitrogens with zero attached hydrogens (tertiary/aromatic N) is 2. The van der Waals surface area contributed by atoms with Crippen LogP contribution in [0.1, 0.15) is 37.3 Å². The lowest BCUT2D eigenvalue weighted by Gasteiger charge is -2.23. The van der Waals surface area contributed by atoms with E-state index < -0.39 is 0 Å². The number of aromatic nitrogens is 2. The van der Waals surface area contributed by atoms with Gasteiger partial charge in [0.05, 0.1) is 12.7 Å². The number of methoxy groups -OCH3 is 1. The molecule has 0 spiro atoms. The summed E-state index contributed by atoms with van der Waals surface area (Å²) >= 11 is 0. The summed E-state index contributed by atoms with van der Waals surface area (Å²) in [7, 11) is 1.53. The summed E-state index contributed by atoms with van der Waals surface area (Å²) in [5, 5.41) is 10.7. The zero-order valence-corrected chi connectivity index (χ0v) is 15.0. The summed E-state index contributed by atoms with van der Waals surface area (Å²) in [6, 6.07) is 6.34. The second-order valence-corrected chi connectivity index (χ2v) is 7.02.